The Labute approximate surface area is 116 Å². The van der Waals surface area contributed by atoms with Crippen molar-refractivity contribution in [1.29, 1.82) is 0 Å². The van der Waals surface area contributed by atoms with Gasteiger partial charge in [-0.3, -0.25) is 4.99 Å². The predicted octanol–water partition coefficient (Wildman–Crippen LogP) is 2.24. The highest BCUT2D eigenvalue weighted by atomic mass is 15.2. The highest BCUT2D eigenvalue weighted by Gasteiger charge is 2.60. The fourth-order valence-electron chi connectivity index (χ4n) is 6.25. The number of nitrogens with one attached hydrogen (secondary N) is 2. The van der Waals surface area contributed by atoms with Crippen LogP contribution in [0.25, 0.3) is 0 Å². The molecule has 4 aliphatic rings. The van der Waals surface area contributed by atoms with E-state index in [2.05, 4.69) is 22.7 Å². The molecule has 4 fully saturated rings. The minimum absolute atomic E-state index is 0.470. The molecular weight excluding hydrogens is 234 g/mol. The molecule has 3 heteroatoms. The first-order valence-electron chi connectivity index (χ1n) is 8.25. The van der Waals surface area contributed by atoms with Gasteiger partial charge in [0.05, 0.1) is 6.17 Å². The number of nitrogens with zero attached hydrogens (tertiary/aromatic N) is 1. The van der Waals surface area contributed by atoms with Crippen LogP contribution in [0.15, 0.2) is 4.99 Å². The van der Waals surface area contributed by atoms with Crippen LogP contribution in [0.4, 0.5) is 0 Å². The molecular formula is C16H27N3. The third kappa shape index (κ3) is 1.57. The Kier molecular flexibility index (Phi) is 2.87. The van der Waals surface area contributed by atoms with Crippen molar-refractivity contribution in [1.82, 2.24) is 10.6 Å². The third-order valence-corrected chi connectivity index (χ3v) is 6.68. The van der Waals surface area contributed by atoms with Gasteiger partial charge >= 0.3 is 0 Å². The number of rotatable bonds is 1. The van der Waals surface area contributed by atoms with Crippen LogP contribution in [0.3, 0.4) is 0 Å². The molecule has 1 saturated heterocycles. The van der Waals surface area contributed by atoms with Crippen molar-refractivity contribution >= 4 is 5.84 Å². The summed E-state index contributed by atoms with van der Waals surface area (Å²) < 4.78 is 0. The lowest BCUT2D eigenvalue weighted by Crippen LogP contribution is -2.45. The summed E-state index contributed by atoms with van der Waals surface area (Å²) >= 11 is 0. The van der Waals surface area contributed by atoms with Gasteiger partial charge in [0, 0.05) is 18.9 Å². The first kappa shape index (κ1) is 12.2. The Morgan fingerprint density at radius 3 is 2.47 bits per heavy atom. The minimum Gasteiger partial charge on any atom is -0.358 e. The van der Waals surface area contributed by atoms with E-state index >= 15 is 0 Å². The van der Waals surface area contributed by atoms with Gasteiger partial charge in [-0.1, -0.05) is 25.7 Å². The van der Waals surface area contributed by atoms with E-state index in [-0.39, 0.29) is 0 Å². The molecule has 7 atom stereocenters. The zero-order valence-corrected chi connectivity index (χ0v) is 12.2. The SMILES string of the molecule is CN=C1NC(NC)C2C3CCCC4CCCC(C12)C43. The summed E-state index contributed by atoms with van der Waals surface area (Å²) in [5.41, 5.74) is 0. The topological polar surface area (TPSA) is 36.4 Å². The van der Waals surface area contributed by atoms with Crippen LogP contribution in [0, 0.1) is 35.5 Å². The molecule has 0 aromatic rings. The second-order valence-corrected chi connectivity index (χ2v) is 7.15. The molecule has 0 amide bonds. The monoisotopic (exact) mass is 261 g/mol. The van der Waals surface area contributed by atoms with Gasteiger partial charge in [-0.15, -0.1) is 0 Å². The lowest BCUT2D eigenvalue weighted by atomic mass is 9.63. The number of hydrogen-bond acceptors (Lipinski definition) is 2. The lowest BCUT2D eigenvalue weighted by molar-refractivity contribution is 0.0772. The predicted molar refractivity (Wildman–Crippen MR) is 78.0 cm³/mol. The van der Waals surface area contributed by atoms with E-state index in [1.54, 1.807) is 0 Å². The van der Waals surface area contributed by atoms with Crippen molar-refractivity contribution < 1.29 is 0 Å². The summed E-state index contributed by atoms with van der Waals surface area (Å²) in [6.07, 6.45) is 9.34. The van der Waals surface area contributed by atoms with E-state index in [4.69, 9.17) is 0 Å². The van der Waals surface area contributed by atoms with Crippen LogP contribution >= 0.6 is 0 Å². The molecule has 0 bridgehead atoms. The first-order chi connectivity index (χ1) is 9.35. The Bertz CT molecular complexity index is 389. The zero-order chi connectivity index (χ0) is 13.0. The van der Waals surface area contributed by atoms with E-state index < -0.39 is 0 Å². The number of amidine groups is 1. The summed E-state index contributed by atoms with van der Waals surface area (Å²) in [5.74, 6) is 6.80. The van der Waals surface area contributed by atoms with Gasteiger partial charge in [0.25, 0.3) is 0 Å². The molecule has 2 N–H and O–H groups in total. The van der Waals surface area contributed by atoms with Gasteiger partial charge in [-0.05, 0) is 43.6 Å². The van der Waals surface area contributed by atoms with Crippen molar-refractivity contribution in [2.24, 2.45) is 40.5 Å². The van der Waals surface area contributed by atoms with Gasteiger partial charge in [-0.2, -0.15) is 0 Å². The normalized spacial score (nSPS) is 53.8. The van der Waals surface area contributed by atoms with Crippen molar-refractivity contribution in [3.05, 3.63) is 0 Å². The summed E-state index contributed by atoms with van der Waals surface area (Å²) in [7, 11) is 4.08. The Hall–Kier alpha value is -0.570. The van der Waals surface area contributed by atoms with Crippen molar-refractivity contribution in [3.63, 3.8) is 0 Å². The third-order valence-electron chi connectivity index (χ3n) is 6.68. The van der Waals surface area contributed by atoms with E-state index in [9.17, 15) is 0 Å². The maximum absolute atomic E-state index is 4.60. The van der Waals surface area contributed by atoms with E-state index in [1.165, 1.54) is 44.4 Å². The molecule has 4 rings (SSSR count). The molecule has 0 aromatic heterocycles. The summed E-state index contributed by atoms with van der Waals surface area (Å²) in [5, 5.41) is 7.19. The lowest BCUT2D eigenvalue weighted by Gasteiger charge is -2.43. The average molecular weight is 261 g/mol. The van der Waals surface area contributed by atoms with Crippen molar-refractivity contribution in [3.8, 4) is 0 Å². The summed E-state index contributed by atoms with van der Waals surface area (Å²) in [4.78, 5) is 4.60. The molecule has 1 heterocycles. The summed E-state index contributed by atoms with van der Waals surface area (Å²) in [6.45, 7) is 0. The van der Waals surface area contributed by atoms with Crippen LogP contribution < -0.4 is 10.6 Å². The largest absolute Gasteiger partial charge is 0.358 e. The Morgan fingerprint density at radius 1 is 1.05 bits per heavy atom. The van der Waals surface area contributed by atoms with Gasteiger partial charge in [0.1, 0.15) is 5.84 Å². The average Bonchev–Trinajstić information content (AvgIpc) is 2.98. The van der Waals surface area contributed by atoms with Gasteiger partial charge in [-0.25, -0.2) is 0 Å². The van der Waals surface area contributed by atoms with Crippen LogP contribution in [0.2, 0.25) is 0 Å². The first-order valence-corrected chi connectivity index (χ1v) is 8.25. The second-order valence-electron chi connectivity index (χ2n) is 7.15. The van der Waals surface area contributed by atoms with Gasteiger partial charge in [0.2, 0.25) is 0 Å². The van der Waals surface area contributed by atoms with Crippen LogP contribution in [-0.2, 0) is 0 Å². The van der Waals surface area contributed by atoms with Crippen molar-refractivity contribution in [2.45, 2.75) is 44.7 Å². The maximum Gasteiger partial charge on any atom is 0.101 e. The molecule has 7 unspecified atom stereocenters. The molecule has 1 aliphatic heterocycles. The molecule has 0 spiro atoms. The van der Waals surface area contributed by atoms with Crippen LogP contribution in [-0.4, -0.2) is 26.1 Å². The molecule has 0 aromatic carbocycles. The second kappa shape index (κ2) is 4.47. The highest BCUT2D eigenvalue weighted by molar-refractivity contribution is 5.88. The van der Waals surface area contributed by atoms with Gasteiger partial charge in [0.15, 0.2) is 0 Å². The van der Waals surface area contributed by atoms with E-state index in [0.29, 0.717) is 6.17 Å². The van der Waals surface area contributed by atoms with E-state index in [1.807, 2.05) is 7.05 Å². The molecule has 3 nitrogen and oxygen atoms in total. The van der Waals surface area contributed by atoms with Crippen molar-refractivity contribution in [2.75, 3.05) is 14.1 Å². The maximum atomic E-state index is 4.60. The highest BCUT2D eigenvalue weighted by Crippen LogP contribution is 2.61. The molecule has 3 aliphatic carbocycles. The Balaban J connectivity index is 1.74. The molecule has 19 heavy (non-hydrogen) atoms. The van der Waals surface area contributed by atoms with E-state index in [0.717, 1.165) is 35.5 Å². The number of aliphatic imine (C=N–C) groups is 1. The fourth-order valence-corrected chi connectivity index (χ4v) is 6.25. The van der Waals surface area contributed by atoms with Gasteiger partial charge < -0.3 is 10.6 Å². The molecule has 3 saturated carbocycles. The quantitative estimate of drug-likeness (QED) is 0.759. The van der Waals surface area contributed by atoms with Crippen LogP contribution in [0.5, 0.6) is 0 Å². The smallest absolute Gasteiger partial charge is 0.101 e. The molecule has 0 radical (unpaired) electrons. The number of fused-ring (bicyclic) bond motifs is 3. The Morgan fingerprint density at radius 2 is 1.79 bits per heavy atom. The number of hydrogen-bond donors (Lipinski definition) is 2. The minimum atomic E-state index is 0.470. The summed E-state index contributed by atoms with van der Waals surface area (Å²) in [6, 6.07) is 0. The zero-order valence-electron chi connectivity index (χ0n) is 12.2. The fraction of sp³-hybridized carbons (Fsp3) is 0.938. The standard InChI is InChI=1S/C16H27N3/c1-17-15-13-10-7-3-5-9-6-4-8-11(12(9)10)14(13)16(18-2)19-15/h9-15,17H,3-8H2,1-2H3,(H,18,19). The molecule has 106 valence electrons. The van der Waals surface area contributed by atoms with Crippen LogP contribution in [0.1, 0.15) is 38.5 Å².